The van der Waals surface area contributed by atoms with E-state index in [0.29, 0.717) is 11.4 Å². The zero-order valence-corrected chi connectivity index (χ0v) is 15.0. The lowest BCUT2D eigenvalue weighted by Crippen LogP contribution is -2.41. The molecule has 0 amide bonds. The quantitative estimate of drug-likeness (QED) is 0.734. The third-order valence-electron chi connectivity index (χ3n) is 5.11. The number of aromatic nitrogens is 2. The van der Waals surface area contributed by atoms with Gasteiger partial charge in [0.1, 0.15) is 5.82 Å². The summed E-state index contributed by atoms with van der Waals surface area (Å²) in [4.78, 5) is 9.09. The molecule has 0 unspecified atom stereocenters. The fourth-order valence-electron chi connectivity index (χ4n) is 3.76. The van der Waals surface area contributed by atoms with E-state index in [-0.39, 0.29) is 11.2 Å². The molecule has 1 aliphatic heterocycles. The molecule has 3 nitrogen and oxygen atoms in total. The average Bonchev–Trinajstić information content (AvgIpc) is 2.69. The summed E-state index contributed by atoms with van der Waals surface area (Å²) in [5.41, 5.74) is 2.08. The van der Waals surface area contributed by atoms with Crippen molar-refractivity contribution in [2.45, 2.75) is 18.3 Å². The maximum atomic E-state index is 14.2. The fourth-order valence-corrected chi connectivity index (χ4v) is 4.08. The van der Waals surface area contributed by atoms with Gasteiger partial charge < -0.3 is 5.32 Å². The number of nitrogens with one attached hydrogen (secondary N) is 1. The monoisotopic (exact) mass is 367 g/mol. The van der Waals surface area contributed by atoms with E-state index in [0.717, 1.165) is 42.2 Å². The van der Waals surface area contributed by atoms with Crippen molar-refractivity contribution < 1.29 is 4.39 Å². The first-order valence-electron chi connectivity index (χ1n) is 8.75. The molecule has 1 aliphatic rings. The molecule has 1 aromatic heterocycles. The summed E-state index contributed by atoms with van der Waals surface area (Å²) < 4.78 is 14.2. The lowest BCUT2D eigenvalue weighted by atomic mass is 9.70. The van der Waals surface area contributed by atoms with E-state index in [4.69, 9.17) is 16.6 Å². The van der Waals surface area contributed by atoms with Crippen LogP contribution < -0.4 is 5.32 Å². The highest BCUT2D eigenvalue weighted by molar-refractivity contribution is 6.31. The molecular formula is C21H19ClFN3. The minimum atomic E-state index is -0.318. The molecule has 0 atom stereocenters. The van der Waals surface area contributed by atoms with Gasteiger partial charge >= 0.3 is 0 Å². The lowest BCUT2D eigenvalue weighted by Gasteiger charge is -2.38. The van der Waals surface area contributed by atoms with Gasteiger partial charge in [-0.2, -0.15) is 0 Å². The molecule has 4 rings (SSSR count). The number of benzene rings is 2. The van der Waals surface area contributed by atoms with Crippen LogP contribution in [0.5, 0.6) is 0 Å². The molecular weight excluding hydrogens is 349 g/mol. The van der Waals surface area contributed by atoms with Crippen molar-refractivity contribution in [1.82, 2.24) is 15.3 Å². The topological polar surface area (TPSA) is 37.8 Å². The first-order chi connectivity index (χ1) is 12.7. The molecule has 2 aromatic carbocycles. The van der Waals surface area contributed by atoms with Crippen LogP contribution in [0.2, 0.25) is 5.02 Å². The Morgan fingerprint density at radius 3 is 2.46 bits per heavy atom. The van der Waals surface area contributed by atoms with Crippen LogP contribution in [0.1, 0.15) is 24.1 Å². The molecule has 0 aliphatic carbocycles. The highest BCUT2D eigenvalue weighted by Crippen LogP contribution is 2.42. The summed E-state index contributed by atoms with van der Waals surface area (Å²) in [5.74, 6) is 0.0901. The van der Waals surface area contributed by atoms with E-state index in [1.807, 2.05) is 24.3 Å². The second kappa shape index (κ2) is 7.14. The zero-order chi connectivity index (χ0) is 18.0. The van der Waals surface area contributed by atoms with Gasteiger partial charge in [-0.15, -0.1) is 0 Å². The van der Waals surface area contributed by atoms with Gasteiger partial charge in [0, 0.05) is 16.6 Å². The number of halogens is 2. The molecule has 1 saturated heterocycles. The minimum Gasteiger partial charge on any atom is -0.317 e. The smallest absolute Gasteiger partial charge is 0.162 e. The maximum Gasteiger partial charge on any atom is 0.162 e. The molecule has 0 radical (unpaired) electrons. The largest absolute Gasteiger partial charge is 0.317 e. The molecule has 2 heterocycles. The van der Waals surface area contributed by atoms with E-state index < -0.39 is 0 Å². The van der Waals surface area contributed by atoms with E-state index in [2.05, 4.69) is 16.4 Å². The fraction of sp³-hybridized carbons (Fsp3) is 0.238. The SMILES string of the molecule is Fc1ccccc1-c1nccc(C2(c3ccccc3Cl)CCNCC2)n1. The summed E-state index contributed by atoms with van der Waals surface area (Å²) in [6, 6.07) is 16.5. The number of hydrogen-bond donors (Lipinski definition) is 1. The molecule has 0 spiro atoms. The summed E-state index contributed by atoms with van der Waals surface area (Å²) >= 11 is 6.56. The Morgan fingerprint density at radius 1 is 0.962 bits per heavy atom. The third kappa shape index (κ3) is 3.00. The normalized spacial score (nSPS) is 16.4. The van der Waals surface area contributed by atoms with Gasteiger partial charge in [0.2, 0.25) is 0 Å². The van der Waals surface area contributed by atoms with Gasteiger partial charge in [0.25, 0.3) is 0 Å². The molecule has 26 heavy (non-hydrogen) atoms. The molecule has 3 aromatic rings. The van der Waals surface area contributed by atoms with Crippen LogP contribution in [0.25, 0.3) is 11.4 Å². The van der Waals surface area contributed by atoms with Crippen LogP contribution in [0.4, 0.5) is 4.39 Å². The predicted octanol–water partition coefficient (Wildman–Crippen LogP) is 4.61. The van der Waals surface area contributed by atoms with Gasteiger partial charge in [0.05, 0.1) is 11.3 Å². The van der Waals surface area contributed by atoms with Crippen molar-refractivity contribution in [2.24, 2.45) is 0 Å². The number of nitrogens with zero attached hydrogens (tertiary/aromatic N) is 2. The van der Waals surface area contributed by atoms with Crippen molar-refractivity contribution in [3.63, 3.8) is 0 Å². The van der Waals surface area contributed by atoms with Crippen LogP contribution in [0, 0.1) is 5.82 Å². The molecule has 1 fully saturated rings. The van der Waals surface area contributed by atoms with E-state index in [9.17, 15) is 4.39 Å². The molecule has 0 bridgehead atoms. The van der Waals surface area contributed by atoms with Crippen LogP contribution in [-0.4, -0.2) is 23.1 Å². The molecule has 132 valence electrons. The van der Waals surface area contributed by atoms with Gasteiger partial charge in [0.15, 0.2) is 5.82 Å². The molecule has 1 N–H and O–H groups in total. The summed E-state index contributed by atoms with van der Waals surface area (Å²) in [6.45, 7) is 1.76. The second-order valence-corrected chi connectivity index (χ2v) is 6.96. The Bertz CT molecular complexity index is 922. The standard InChI is InChI=1S/C21H19ClFN3/c22-17-7-3-2-6-16(17)21(10-13-24-14-11-21)19-9-12-25-20(26-19)15-5-1-4-8-18(15)23/h1-9,12,24H,10-11,13-14H2. The maximum absolute atomic E-state index is 14.2. The number of hydrogen-bond acceptors (Lipinski definition) is 3. The Hall–Kier alpha value is -2.30. The lowest BCUT2D eigenvalue weighted by molar-refractivity contribution is 0.354. The van der Waals surface area contributed by atoms with Crippen LogP contribution in [-0.2, 0) is 5.41 Å². The first-order valence-corrected chi connectivity index (χ1v) is 9.13. The van der Waals surface area contributed by atoms with Crippen LogP contribution in [0.15, 0.2) is 60.8 Å². The Kier molecular flexibility index (Phi) is 4.70. The van der Waals surface area contributed by atoms with Gasteiger partial charge in [-0.25, -0.2) is 14.4 Å². The molecule has 0 saturated carbocycles. The van der Waals surface area contributed by atoms with E-state index >= 15 is 0 Å². The van der Waals surface area contributed by atoms with Crippen LogP contribution in [0.3, 0.4) is 0 Å². The van der Waals surface area contributed by atoms with E-state index in [1.165, 1.54) is 6.07 Å². The van der Waals surface area contributed by atoms with Crippen LogP contribution >= 0.6 is 11.6 Å². The average molecular weight is 368 g/mol. The van der Waals surface area contributed by atoms with Crippen molar-refractivity contribution in [3.05, 3.63) is 82.9 Å². The highest BCUT2D eigenvalue weighted by Gasteiger charge is 2.38. The highest BCUT2D eigenvalue weighted by atomic mass is 35.5. The summed E-state index contributed by atoms with van der Waals surface area (Å²) in [6.07, 6.45) is 3.47. The number of piperidine rings is 1. The second-order valence-electron chi connectivity index (χ2n) is 6.56. The third-order valence-corrected chi connectivity index (χ3v) is 5.44. The van der Waals surface area contributed by atoms with Gasteiger partial charge in [-0.1, -0.05) is 41.9 Å². The van der Waals surface area contributed by atoms with Crippen molar-refractivity contribution in [1.29, 1.82) is 0 Å². The Morgan fingerprint density at radius 2 is 1.69 bits per heavy atom. The molecule has 5 heteroatoms. The zero-order valence-electron chi connectivity index (χ0n) is 14.3. The summed E-state index contributed by atoms with van der Waals surface area (Å²) in [7, 11) is 0. The Labute approximate surface area is 157 Å². The van der Waals surface area contributed by atoms with Crippen molar-refractivity contribution >= 4 is 11.6 Å². The van der Waals surface area contributed by atoms with E-state index in [1.54, 1.807) is 24.4 Å². The first kappa shape index (κ1) is 17.1. The van der Waals surface area contributed by atoms with Gasteiger partial charge in [-0.05, 0) is 55.8 Å². The van der Waals surface area contributed by atoms with Crippen molar-refractivity contribution in [2.75, 3.05) is 13.1 Å². The Balaban J connectivity index is 1.87. The van der Waals surface area contributed by atoms with Crippen molar-refractivity contribution in [3.8, 4) is 11.4 Å². The predicted molar refractivity (Wildman–Crippen MR) is 102 cm³/mol. The number of rotatable bonds is 3. The van der Waals surface area contributed by atoms with Gasteiger partial charge in [-0.3, -0.25) is 0 Å². The minimum absolute atomic E-state index is 0.299. The summed E-state index contributed by atoms with van der Waals surface area (Å²) in [5, 5.41) is 4.14.